The average Bonchev–Trinajstić information content (AvgIpc) is 2.56. The Morgan fingerprint density at radius 1 is 1.19 bits per heavy atom. The largest absolute Gasteiger partial charge is 0.486 e. The molecule has 1 aromatic carbocycles. The minimum Gasteiger partial charge on any atom is -0.486 e. The molecule has 1 aliphatic rings. The number of nitrogens with zero attached hydrogens (tertiary/aromatic N) is 1. The van der Waals surface area contributed by atoms with Crippen molar-refractivity contribution < 1.29 is 9.47 Å². The van der Waals surface area contributed by atoms with Crippen LogP contribution in [0.5, 0.6) is 11.5 Å². The number of aromatic nitrogens is 1. The molecule has 3 rings (SSSR count). The van der Waals surface area contributed by atoms with Crippen LogP contribution in [-0.2, 0) is 6.42 Å². The van der Waals surface area contributed by atoms with Gasteiger partial charge >= 0.3 is 0 Å². The number of fused-ring (bicyclic) bond motifs is 1. The Bertz CT molecular complexity index is 628. The Morgan fingerprint density at radius 2 is 2.00 bits per heavy atom. The summed E-state index contributed by atoms with van der Waals surface area (Å²) in [4.78, 5) is 4.57. The average molecular weight is 284 g/mol. The Hall–Kier alpha value is -2.07. The summed E-state index contributed by atoms with van der Waals surface area (Å²) in [6.45, 7) is 3.36. The van der Waals surface area contributed by atoms with Gasteiger partial charge in [-0.25, -0.2) is 0 Å². The monoisotopic (exact) mass is 284 g/mol. The van der Waals surface area contributed by atoms with E-state index in [-0.39, 0.29) is 6.04 Å². The van der Waals surface area contributed by atoms with E-state index in [9.17, 15) is 0 Å². The molecule has 0 spiro atoms. The molecular formula is C17H20N2O2. The summed E-state index contributed by atoms with van der Waals surface area (Å²) < 4.78 is 11.3. The smallest absolute Gasteiger partial charge is 0.161 e. The van der Waals surface area contributed by atoms with Crippen molar-refractivity contribution >= 4 is 0 Å². The molecule has 110 valence electrons. The standard InChI is InChI=1S/C17H20N2O2/c1-3-12-5-4-8-19-17(12)16(18-2)13-6-7-14-15(11-13)21-10-9-20-14/h4-8,11,16,18H,3,9-10H2,1-2H3. The number of aryl methyl sites for hydroxylation is 1. The summed E-state index contributed by atoms with van der Waals surface area (Å²) in [5.74, 6) is 1.63. The molecule has 1 atom stereocenters. The van der Waals surface area contributed by atoms with Crippen molar-refractivity contribution in [2.45, 2.75) is 19.4 Å². The normalized spacial score (nSPS) is 14.8. The van der Waals surface area contributed by atoms with E-state index < -0.39 is 0 Å². The van der Waals surface area contributed by atoms with E-state index in [1.54, 1.807) is 0 Å². The highest BCUT2D eigenvalue weighted by molar-refractivity contribution is 5.46. The molecule has 4 nitrogen and oxygen atoms in total. The fourth-order valence-electron chi connectivity index (χ4n) is 2.71. The van der Waals surface area contributed by atoms with Gasteiger partial charge in [-0.2, -0.15) is 0 Å². The molecule has 0 saturated heterocycles. The number of nitrogens with one attached hydrogen (secondary N) is 1. The summed E-state index contributed by atoms with van der Waals surface area (Å²) in [6, 6.07) is 10.3. The Morgan fingerprint density at radius 3 is 2.76 bits per heavy atom. The third-order valence-corrected chi connectivity index (χ3v) is 3.77. The molecule has 1 aromatic heterocycles. The van der Waals surface area contributed by atoms with Gasteiger partial charge in [0.2, 0.25) is 0 Å². The van der Waals surface area contributed by atoms with Crippen LogP contribution in [0, 0.1) is 0 Å². The summed E-state index contributed by atoms with van der Waals surface area (Å²) in [6.07, 6.45) is 2.81. The van der Waals surface area contributed by atoms with Gasteiger partial charge in [0.15, 0.2) is 11.5 Å². The van der Waals surface area contributed by atoms with E-state index in [0.717, 1.165) is 29.2 Å². The fourth-order valence-corrected chi connectivity index (χ4v) is 2.71. The van der Waals surface area contributed by atoms with Gasteiger partial charge in [0, 0.05) is 6.20 Å². The second kappa shape index (κ2) is 6.14. The van der Waals surface area contributed by atoms with Crippen LogP contribution < -0.4 is 14.8 Å². The number of hydrogen-bond donors (Lipinski definition) is 1. The van der Waals surface area contributed by atoms with Gasteiger partial charge in [0.1, 0.15) is 13.2 Å². The first kappa shape index (κ1) is 13.9. The Balaban J connectivity index is 2.00. The first-order valence-corrected chi connectivity index (χ1v) is 7.34. The van der Waals surface area contributed by atoms with Crippen molar-refractivity contribution in [3.05, 3.63) is 53.3 Å². The lowest BCUT2D eigenvalue weighted by molar-refractivity contribution is 0.171. The number of benzene rings is 1. The zero-order valence-electron chi connectivity index (χ0n) is 12.4. The highest BCUT2D eigenvalue weighted by Gasteiger charge is 2.19. The van der Waals surface area contributed by atoms with Crippen molar-refractivity contribution in [3.8, 4) is 11.5 Å². The molecule has 0 amide bonds. The van der Waals surface area contributed by atoms with E-state index in [4.69, 9.17) is 9.47 Å². The van der Waals surface area contributed by atoms with Gasteiger partial charge in [0.25, 0.3) is 0 Å². The fraction of sp³-hybridized carbons (Fsp3) is 0.353. The Labute approximate surface area is 125 Å². The highest BCUT2D eigenvalue weighted by Crippen LogP contribution is 2.34. The molecule has 0 saturated carbocycles. The second-order valence-corrected chi connectivity index (χ2v) is 5.03. The van der Waals surface area contributed by atoms with Crippen LogP contribution in [0.3, 0.4) is 0 Å². The van der Waals surface area contributed by atoms with Gasteiger partial charge in [-0.1, -0.05) is 19.1 Å². The minimum atomic E-state index is 0.0528. The molecular weight excluding hydrogens is 264 g/mol. The van der Waals surface area contributed by atoms with Crippen LogP contribution in [0.25, 0.3) is 0 Å². The number of ether oxygens (including phenoxy) is 2. The molecule has 1 N–H and O–H groups in total. The molecule has 0 radical (unpaired) electrons. The summed E-state index contributed by atoms with van der Waals surface area (Å²) >= 11 is 0. The molecule has 1 aliphatic heterocycles. The van der Waals surface area contributed by atoms with Gasteiger partial charge in [-0.15, -0.1) is 0 Å². The first-order valence-electron chi connectivity index (χ1n) is 7.34. The van der Waals surface area contributed by atoms with Gasteiger partial charge in [-0.3, -0.25) is 4.98 Å². The lowest BCUT2D eigenvalue weighted by Gasteiger charge is -2.23. The molecule has 21 heavy (non-hydrogen) atoms. The maximum atomic E-state index is 5.68. The van der Waals surface area contributed by atoms with Gasteiger partial charge < -0.3 is 14.8 Å². The van der Waals surface area contributed by atoms with Crippen LogP contribution in [0.2, 0.25) is 0 Å². The maximum absolute atomic E-state index is 5.68. The number of rotatable bonds is 4. The molecule has 2 aromatic rings. The third kappa shape index (κ3) is 2.72. The lowest BCUT2D eigenvalue weighted by atomic mass is 9.98. The quantitative estimate of drug-likeness (QED) is 0.937. The van der Waals surface area contributed by atoms with Crippen LogP contribution in [0.15, 0.2) is 36.5 Å². The predicted molar refractivity (Wildman–Crippen MR) is 81.9 cm³/mol. The van der Waals surface area contributed by atoms with Crippen molar-refractivity contribution in [1.82, 2.24) is 10.3 Å². The molecule has 0 fully saturated rings. The van der Waals surface area contributed by atoms with Gasteiger partial charge in [-0.05, 0) is 42.8 Å². The minimum absolute atomic E-state index is 0.0528. The molecule has 0 aliphatic carbocycles. The van der Waals surface area contributed by atoms with Gasteiger partial charge in [0.05, 0.1) is 11.7 Å². The second-order valence-electron chi connectivity index (χ2n) is 5.03. The molecule has 1 unspecified atom stereocenters. The summed E-state index contributed by atoms with van der Waals surface area (Å²) in [5, 5.41) is 3.36. The molecule has 0 bridgehead atoms. The van der Waals surface area contributed by atoms with Crippen LogP contribution in [-0.4, -0.2) is 25.2 Å². The van der Waals surface area contributed by atoms with Crippen LogP contribution >= 0.6 is 0 Å². The van der Waals surface area contributed by atoms with Crippen molar-refractivity contribution in [2.24, 2.45) is 0 Å². The first-order chi connectivity index (χ1) is 10.3. The topological polar surface area (TPSA) is 43.4 Å². The van der Waals surface area contributed by atoms with E-state index in [1.165, 1.54) is 5.56 Å². The van der Waals surface area contributed by atoms with E-state index in [2.05, 4.69) is 29.4 Å². The third-order valence-electron chi connectivity index (χ3n) is 3.77. The lowest BCUT2D eigenvalue weighted by Crippen LogP contribution is -2.21. The van der Waals surface area contributed by atoms with Crippen molar-refractivity contribution in [1.29, 1.82) is 0 Å². The molecule has 2 heterocycles. The number of hydrogen-bond acceptors (Lipinski definition) is 4. The molecule has 4 heteroatoms. The van der Waals surface area contributed by atoms with Crippen molar-refractivity contribution in [2.75, 3.05) is 20.3 Å². The van der Waals surface area contributed by atoms with E-state index >= 15 is 0 Å². The van der Waals surface area contributed by atoms with Crippen LogP contribution in [0.4, 0.5) is 0 Å². The van der Waals surface area contributed by atoms with E-state index in [0.29, 0.717) is 13.2 Å². The number of pyridine rings is 1. The Kier molecular flexibility index (Phi) is 4.06. The zero-order chi connectivity index (χ0) is 14.7. The summed E-state index contributed by atoms with van der Waals surface area (Å²) in [5.41, 5.74) is 3.46. The van der Waals surface area contributed by atoms with E-state index in [1.807, 2.05) is 31.4 Å². The predicted octanol–water partition coefficient (Wildman–Crippen LogP) is 2.72. The zero-order valence-corrected chi connectivity index (χ0v) is 12.4. The van der Waals surface area contributed by atoms with Crippen LogP contribution in [0.1, 0.15) is 29.8 Å². The SMILES string of the molecule is CCc1cccnc1C(NC)c1ccc2c(c1)OCCO2. The van der Waals surface area contributed by atoms with Crippen molar-refractivity contribution in [3.63, 3.8) is 0 Å². The summed E-state index contributed by atoms with van der Waals surface area (Å²) in [7, 11) is 1.95. The highest BCUT2D eigenvalue weighted by atomic mass is 16.6. The maximum Gasteiger partial charge on any atom is 0.161 e.